The molecule has 0 fully saturated rings. The standard InChI is InChI=1S/C57H31N3O2S/c1-2-14-36-34(13-1)35-15-3-4-17-38(35)51-39(36)20-10-22-43(51)55-58-56(44-23-11-27-48-52(44)41-18-6-8-26-47(41)61-48)60-57(59-55)45-24-12-28-49-53(45)42-30-29-32(31-50(42)63-49)33-19-9-21-40-37-16-5-7-25-46(37)62-54(33)40/h1-31H. The lowest BCUT2D eigenvalue weighted by Crippen LogP contribution is -2.01. The molecule has 5 nitrogen and oxygen atoms in total. The van der Waals surface area contributed by atoms with Gasteiger partial charge in [0.1, 0.15) is 22.3 Å². The maximum Gasteiger partial charge on any atom is 0.164 e. The molecular formula is C57H31N3O2S. The fourth-order valence-corrected chi connectivity index (χ4v) is 11.2. The molecule has 0 bridgehead atoms. The summed E-state index contributed by atoms with van der Waals surface area (Å²) < 4.78 is 15.2. The third-order valence-corrected chi connectivity index (χ3v) is 13.9. The molecule has 0 amide bonds. The number of rotatable bonds is 4. The molecule has 0 unspecified atom stereocenters. The molecule has 0 N–H and O–H groups in total. The molecule has 14 aromatic rings. The minimum Gasteiger partial charge on any atom is -0.456 e. The van der Waals surface area contributed by atoms with Crippen molar-refractivity contribution >= 4 is 108 Å². The van der Waals surface area contributed by atoms with E-state index in [-0.39, 0.29) is 0 Å². The number of fused-ring (bicyclic) bond motifs is 15. The van der Waals surface area contributed by atoms with E-state index in [9.17, 15) is 0 Å². The molecule has 0 radical (unpaired) electrons. The Hall–Kier alpha value is -8.19. The van der Waals surface area contributed by atoms with Crippen LogP contribution in [0.4, 0.5) is 0 Å². The average Bonchev–Trinajstić information content (AvgIpc) is 4.05. The van der Waals surface area contributed by atoms with Crippen molar-refractivity contribution in [3.8, 4) is 45.3 Å². The Labute approximate surface area is 363 Å². The highest BCUT2D eigenvalue weighted by Crippen LogP contribution is 2.45. The topological polar surface area (TPSA) is 65.0 Å². The third kappa shape index (κ3) is 5.07. The van der Waals surface area contributed by atoms with Gasteiger partial charge in [0.25, 0.3) is 0 Å². The quantitative estimate of drug-likeness (QED) is 0.165. The summed E-state index contributed by atoms with van der Waals surface area (Å²) in [4.78, 5) is 16.3. The first-order valence-electron chi connectivity index (χ1n) is 21.1. The number of para-hydroxylation sites is 3. The highest BCUT2D eigenvalue weighted by molar-refractivity contribution is 7.26. The summed E-state index contributed by atoms with van der Waals surface area (Å²) in [5.74, 6) is 1.82. The molecule has 10 aromatic carbocycles. The molecule has 0 atom stereocenters. The first-order chi connectivity index (χ1) is 31.2. The molecule has 292 valence electrons. The summed E-state index contributed by atoms with van der Waals surface area (Å²) >= 11 is 1.79. The Bertz CT molecular complexity index is 4190. The van der Waals surface area contributed by atoms with E-state index in [1.54, 1.807) is 11.3 Å². The minimum atomic E-state index is 0.590. The van der Waals surface area contributed by atoms with Gasteiger partial charge in [-0.15, -0.1) is 11.3 Å². The SMILES string of the molecule is c1ccc2c(c1)oc1c(-c3ccc4c(c3)sc3cccc(-c5nc(-c6cccc7oc8ccccc8c67)nc(-c6cccc7c8ccccc8c8ccccc8c67)n5)c34)cccc12. The zero-order chi connectivity index (χ0) is 41.2. The Morgan fingerprint density at radius 2 is 0.794 bits per heavy atom. The van der Waals surface area contributed by atoms with Crippen molar-refractivity contribution in [1.82, 2.24) is 15.0 Å². The van der Waals surface area contributed by atoms with Gasteiger partial charge in [-0.2, -0.15) is 0 Å². The van der Waals surface area contributed by atoms with Gasteiger partial charge in [-0.1, -0.05) is 158 Å². The number of hydrogen-bond acceptors (Lipinski definition) is 6. The van der Waals surface area contributed by atoms with E-state index in [0.29, 0.717) is 17.5 Å². The number of thiophene rings is 1. The minimum absolute atomic E-state index is 0.590. The third-order valence-electron chi connectivity index (χ3n) is 12.7. The Balaban J connectivity index is 1.03. The van der Waals surface area contributed by atoms with Crippen molar-refractivity contribution in [1.29, 1.82) is 0 Å². The molecule has 0 aliphatic rings. The number of aromatic nitrogens is 3. The fourth-order valence-electron chi connectivity index (χ4n) is 9.99. The van der Waals surface area contributed by atoms with Crippen LogP contribution in [0.5, 0.6) is 0 Å². The molecule has 0 aliphatic heterocycles. The zero-order valence-corrected chi connectivity index (χ0v) is 34.3. The van der Waals surface area contributed by atoms with Gasteiger partial charge in [-0.3, -0.25) is 0 Å². The first-order valence-corrected chi connectivity index (χ1v) is 21.9. The van der Waals surface area contributed by atoms with Crippen LogP contribution in [0.3, 0.4) is 0 Å². The Morgan fingerprint density at radius 1 is 0.302 bits per heavy atom. The van der Waals surface area contributed by atoms with Crippen LogP contribution in [0.2, 0.25) is 0 Å². The molecule has 6 heteroatoms. The summed E-state index contributed by atoms with van der Waals surface area (Å²) in [6.07, 6.45) is 0. The molecule has 0 spiro atoms. The summed E-state index contributed by atoms with van der Waals surface area (Å²) in [5.41, 5.74) is 8.40. The molecule has 14 rings (SSSR count). The molecule has 4 aromatic heterocycles. The van der Waals surface area contributed by atoms with Crippen molar-refractivity contribution in [3.05, 3.63) is 188 Å². The summed E-state index contributed by atoms with van der Waals surface area (Å²) in [5, 5.41) is 13.6. The van der Waals surface area contributed by atoms with Crippen LogP contribution in [0.25, 0.3) is 142 Å². The van der Waals surface area contributed by atoms with Crippen LogP contribution in [0, 0.1) is 0 Å². The van der Waals surface area contributed by atoms with Gasteiger partial charge >= 0.3 is 0 Å². The fraction of sp³-hybridized carbons (Fsp3) is 0. The average molecular weight is 822 g/mol. The van der Waals surface area contributed by atoms with E-state index in [1.807, 2.05) is 36.4 Å². The van der Waals surface area contributed by atoms with Gasteiger partial charge in [-0.25, -0.2) is 15.0 Å². The van der Waals surface area contributed by atoms with Crippen molar-refractivity contribution in [2.75, 3.05) is 0 Å². The van der Waals surface area contributed by atoms with Crippen LogP contribution >= 0.6 is 11.3 Å². The van der Waals surface area contributed by atoms with Crippen molar-refractivity contribution in [2.24, 2.45) is 0 Å². The monoisotopic (exact) mass is 821 g/mol. The molecule has 0 saturated heterocycles. The zero-order valence-electron chi connectivity index (χ0n) is 33.5. The largest absolute Gasteiger partial charge is 0.456 e. The van der Waals surface area contributed by atoms with Crippen molar-refractivity contribution < 1.29 is 8.83 Å². The second-order valence-electron chi connectivity index (χ2n) is 16.2. The van der Waals surface area contributed by atoms with Crippen LogP contribution in [0.1, 0.15) is 0 Å². The van der Waals surface area contributed by atoms with E-state index >= 15 is 0 Å². The highest BCUT2D eigenvalue weighted by Gasteiger charge is 2.22. The summed E-state index contributed by atoms with van der Waals surface area (Å²) in [6.45, 7) is 0. The van der Waals surface area contributed by atoms with Crippen LogP contribution in [0.15, 0.2) is 197 Å². The maximum absolute atomic E-state index is 6.47. The maximum atomic E-state index is 6.47. The predicted octanol–water partition coefficient (Wildman–Crippen LogP) is 16.2. The van der Waals surface area contributed by atoms with Gasteiger partial charge in [0.2, 0.25) is 0 Å². The smallest absolute Gasteiger partial charge is 0.164 e. The molecule has 0 saturated carbocycles. The normalized spacial score (nSPS) is 12.1. The molecule has 4 heterocycles. The lowest BCUT2D eigenvalue weighted by Gasteiger charge is -2.15. The number of nitrogens with zero attached hydrogens (tertiary/aromatic N) is 3. The van der Waals surface area contributed by atoms with Crippen LogP contribution in [-0.4, -0.2) is 15.0 Å². The van der Waals surface area contributed by atoms with Gasteiger partial charge in [0, 0.05) is 69.4 Å². The van der Waals surface area contributed by atoms with Gasteiger partial charge in [0.05, 0.1) is 0 Å². The summed E-state index contributed by atoms with van der Waals surface area (Å²) in [7, 11) is 0. The van der Waals surface area contributed by atoms with Gasteiger partial charge < -0.3 is 8.83 Å². The Kier molecular flexibility index (Phi) is 7.21. The van der Waals surface area contributed by atoms with Gasteiger partial charge in [-0.05, 0) is 62.8 Å². The predicted molar refractivity (Wildman–Crippen MR) is 262 cm³/mol. The van der Waals surface area contributed by atoms with E-state index in [0.717, 1.165) is 103 Å². The van der Waals surface area contributed by atoms with Crippen LogP contribution < -0.4 is 0 Å². The lowest BCUT2D eigenvalue weighted by atomic mass is 9.91. The highest BCUT2D eigenvalue weighted by atomic mass is 32.1. The van der Waals surface area contributed by atoms with E-state index in [4.69, 9.17) is 23.8 Å². The van der Waals surface area contributed by atoms with E-state index in [2.05, 4.69) is 152 Å². The summed E-state index contributed by atoms with van der Waals surface area (Å²) in [6, 6.07) is 66.1. The second-order valence-corrected chi connectivity index (χ2v) is 17.3. The van der Waals surface area contributed by atoms with E-state index in [1.165, 1.54) is 20.9 Å². The molecular weight excluding hydrogens is 791 g/mol. The van der Waals surface area contributed by atoms with Crippen molar-refractivity contribution in [3.63, 3.8) is 0 Å². The lowest BCUT2D eigenvalue weighted by molar-refractivity contribution is 0.669. The van der Waals surface area contributed by atoms with E-state index < -0.39 is 0 Å². The number of furan rings is 2. The van der Waals surface area contributed by atoms with Gasteiger partial charge in [0.15, 0.2) is 17.5 Å². The number of hydrogen-bond donors (Lipinski definition) is 0. The van der Waals surface area contributed by atoms with Crippen LogP contribution in [-0.2, 0) is 0 Å². The van der Waals surface area contributed by atoms with Crippen molar-refractivity contribution in [2.45, 2.75) is 0 Å². The molecule has 0 aliphatic carbocycles. The molecule has 63 heavy (non-hydrogen) atoms. The Morgan fingerprint density at radius 3 is 1.51 bits per heavy atom. The first kappa shape index (κ1) is 34.5. The number of benzene rings is 10. The second kappa shape index (κ2) is 13.2.